The second-order valence-corrected chi connectivity index (χ2v) is 5.35. The number of nitrogens with one attached hydrogen (secondary N) is 1. The zero-order valence-corrected chi connectivity index (χ0v) is 11.8. The first kappa shape index (κ1) is 13.4. The Morgan fingerprint density at radius 3 is 2.56 bits per heavy atom. The molecule has 1 unspecified atom stereocenters. The monoisotopic (exact) mass is 248 g/mol. The molecule has 0 aliphatic heterocycles. The Morgan fingerprint density at radius 2 is 2.00 bits per heavy atom. The van der Waals surface area contributed by atoms with Crippen molar-refractivity contribution >= 4 is 0 Å². The van der Waals surface area contributed by atoms with Crippen molar-refractivity contribution in [2.45, 2.75) is 45.7 Å². The summed E-state index contributed by atoms with van der Waals surface area (Å²) in [5.74, 6) is 0.955. The minimum absolute atomic E-state index is 0.0650. The summed E-state index contributed by atoms with van der Waals surface area (Å²) >= 11 is 0. The van der Waals surface area contributed by atoms with Crippen LogP contribution in [0.1, 0.15) is 41.1 Å². The highest BCUT2D eigenvalue weighted by Crippen LogP contribution is 2.30. The number of aryl methyl sites for hydroxylation is 1. The summed E-state index contributed by atoms with van der Waals surface area (Å²) in [5.41, 5.74) is 11.3. The molecule has 1 saturated carbocycles. The first-order chi connectivity index (χ1) is 8.54. The molecular weight excluding hydrogens is 224 g/mol. The van der Waals surface area contributed by atoms with Gasteiger partial charge in [0, 0.05) is 18.6 Å². The smallest absolute Gasteiger partial charge is 0.122 e. The molecule has 0 spiro atoms. The van der Waals surface area contributed by atoms with Crippen molar-refractivity contribution in [2.75, 3.05) is 13.7 Å². The second-order valence-electron chi connectivity index (χ2n) is 5.35. The van der Waals surface area contributed by atoms with Crippen LogP contribution in [0.2, 0.25) is 0 Å². The Bertz CT molecular complexity index is 439. The zero-order chi connectivity index (χ0) is 13.3. The molecule has 1 fully saturated rings. The molecular formula is C15H24N2O. The number of methoxy groups -OCH3 is 1. The average Bonchev–Trinajstić information content (AvgIpc) is 3.15. The number of hydrogen-bond acceptors (Lipinski definition) is 3. The van der Waals surface area contributed by atoms with Gasteiger partial charge < -0.3 is 15.8 Å². The Labute approximate surface area is 110 Å². The molecule has 100 valence electrons. The number of nitrogens with two attached hydrogens (primary N) is 1. The van der Waals surface area contributed by atoms with Gasteiger partial charge in [-0.15, -0.1) is 0 Å². The third-order valence-electron chi connectivity index (χ3n) is 3.90. The minimum atomic E-state index is 0.0650. The molecule has 3 nitrogen and oxygen atoms in total. The van der Waals surface area contributed by atoms with E-state index in [9.17, 15) is 0 Å². The molecule has 0 bridgehead atoms. The van der Waals surface area contributed by atoms with E-state index in [0.717, 1.165) is 12.3 Å². The molecule has 18 heavy (non-hydrogen) atoms. The van der Waals surface area contributed by atoms with Crippen LogP contribution in [0.5, 0.6) is 5.75 Å². The molecule has 2 rings (SSSR count). The maximum atomic E-state index is 6.33. The molecule has 1 aromatic carbocycles. The van der Waals surface area contributed by atoms with Gasteiger partial charge in [0.15, 0.2) is 0 Å². The van der Waals surface area contributed by atoms with Gasteiger partial charge in [0.2, 0.25) is 0 Å². The molecule has 1 aromatic rings. The van der Waals surface area contributed by atoms with Gasteiger partial charge in [-0.05, 0) is 61.9 Å². The van der Waals surface area contributed by atoms with Crippen LogP contribution in [0, 0.1) is 20.8 Å². The first-order valence-electron chi connectivity index (χ1n) is 6.68. The Kier molecular flexibility index (Phi) is 3.93. The maximum Gasteiger partial charge on any atom is 0.122 e. The molecule has 1 atom stereocenters. The second kappa shape index (κ2) is 5.29. The van der Waals surface area contributed by atoms with Gasteiger partial charge >= 0.3 is 0 Å². The predicted octanol–water partition coefficient (Wildman–Crippen LogP) is 2.37. The fourth-order valence-electron chi connectivity index (χ4n) is 2.53. The standard InChI is InChI=1S/C15H24N2O/c1-9-7-14(18-4)10(2)11(3)15(9)13(16)8-17-12-5-6-12/h7,12-13,17H,5-6,8,16H2,1-4H3. The molecule has 3 N–H and O–H groups in total. The fourth-order valence-corrected chi connectivity index (χ4v) is 2.53. The van der Waals surface area contributed by atoms with Crippen LogP contribution in [-0.2, 0) is 0 Å². The fraction of sp³-hybridized carbons (Fsp3) is 0.600. The molecule has 0 heterocycles. The van der Waals surface area contributed by atoms with Crippen molar-refractivity contribution in [3.63, 3.8) is 0 Å². The van der Waals surface area contributed by atoms with Gasteiger partial charge in [0.05, 0.1) is 7.11 Å². The van der Waals surface area contributed by atoms with Gasteiger partial charge in [0.25, 0.3) is 0 Å². The zero-order valence-electron chi connectivity index (χ0n) is 11.8. The van der Waals surface area contributed by atoms with Crippen molar-refractivity contribution in [1.29, 1.82) is 0 Å². The number of ether oxygens (including phenoxy) is 1. The van der Waals surface area contributed by atoms with Gasteiger partial charge in [-0.3, -0.25) is 0 Å². The van der Waals surface area contributed by atoms with Gasteiger partial charge in [-0.1, -0.05) is 0 Å². The highest BCUT2D eigenvalue weighted by atomic mass is 16.5. The highest BCUT2D eigenvalue weighted by molar-refractivity contribution is 5.49. The Balaban J connectivity index is 2.22. The van der Waals surface area contributed by atoms with Crippen molar-refractivity contribution < 1.29 is 4.74 Å². The van der Waals surface area contributed by atoms with Crippen molar-refractivity contribution in [3.8, 4) is 5.75 Å². The van der Waals surface area contributed by atoms with Crippen LogP contribution in [0.25, 0.3) is 0 Å². The lowest BCUT2D eigenvalue weighted by Gasteiger charge is -2.21. The number of hydrogen-bond donors (Lipinski definition) is 2. The molecule has 0 amide bonds. The van der Waals surface area contributed by atoms with Crippen molar-refractivity contribution in [1.82, 2.24) is 5.32 Å². The van der Waals surface area contributed by atoms with E-state index in [-0.39, 0.29) is 6.04 Å². The van der Waals surface area contributed by atoms with Crippen LogP contribution in [0.4, 0.5) is 0 Å². The summed E-state index contributed by atoms with van der Waals surface area (Å²) in [6.45, 7) is 7.20. The van der Waals surface area contributed by atoms with E-state index < -0.39 is 0 Å². The average molecular weight is 248 g/mol. The van der Waals surface area contributed by atoms with E-state index >= 15 is 0 Å². The third kappa shape index (κ3) is 2.68. The number of rotatable bonds is 5. The molecule has 0 radical (unpaired) electrons. The van der Waals surface area contributed by atoms with E-state index in [1.54, 1.807) is 7.11 Å². The molecule has 3 heteroatoms. The van der Waals surface area contributed by atoms with Crippen LogP contribution in [0.3, 0.4) is 0 Å². The van der Waals surface area contributed by atoms with E-state index in [1.807, 2.05) is 0 Å². The van der Waals surface area contributed by atoms with Gasteiger partial charge in [-0.25, -0.2) is 0 Å². The normalized spacial score (nSPS) is 16.7. The SMILES string of the molecule is COc1cc(C)c(C(N)CNC2CC2)c(C)c1C. The van der Waals surface area contributed by atoms with Crippen LogP contribution >= 0.6 is 0 Å². The minimum Gasteiger partial charge on any atom is -0.496 e. The van der Waals surface area contributed by atoms with Crippen LogP contribution in [0.15, 0.2) is 6.07 Å². The van der Waals surface area contributed by atoms with E-state index in [2.05, 4.69) is 32.2 Å². The molecule has 0 aromatic heterocycles. The van der Waals surface area contributed by atoms with Gasteiger partial charge in [-0.2, -0.15) is 0 Å². The summed E-state index contributed by atoms with van der Waals surface area (Å²) in [4.78, 5) is 0. The van der Waals surface area contributed by atoms with E-state index in [1.165, 1.54) is 35.1 Å². The summed E-state index contributed by atoms with van der Waals surface area (Å²) in [5, 5.41) is 3.50. The highest BCUT2D eigenvalue weighted by Gasteiger charge is 2.23. The molecule has 1 aliphatic rings. The number of benzene rings is 1. The molecule has 1 aliphatic carbocycles. The summed E-state index contributed by atoms with van der Waals surface area (Å²) in [7, 11) is 1.72. The van der Waals surface area contributed by atoms with Crippen LogP contribution in [-0.4, -0.2) is 19.7 Å². The van der Waals surface area contributed by atoms with Crippen LogP contribution < -0.4 is 15.8 Å². The predicted molar refractivity (Wildman–Crippen MR) is 75.2 cm³/mol. The lowest BCUT2D eigenvalue weighted by molar-refractivity contribution is 0.410. The van der Waals surface area contributed by atoms with E-state index in [4.69, 9.17) is 10.5 Å². The summed E-state index contributed by atoms with van der Waals surface area (Å²) in [6.07, 6.45) is 2.60. The lowest BCUT2D eigenvalue weighted by atomic mass is 9.92. The van der Waals surface area contributed by atoms with E-state index in [0.29, 0.717) is 6.04 Å². The van der Waals surface area contributed by atoms with Gasteiger partial charge in [0.1, 0.15) is 5.75 Å². The third-order valence-corrected chi connectivity index (χ3v) is 3.90. The Hall–Kier alpha value is -1.06. The quantitative estimate of drug-likeness (QED) is 0.841. The Morgan fingerprint density at radius 1 is 1.33 bits per heavy atom. The van der Waals surface area contributed by atoms with Crippen molar-refractivity contribution in [2.24, 2.45) is 5.73 Å². The largest absolute Gasteiger partial charge is 0.496 e. The topological polar surface area (TPSA) is 47.3 Å². The molecule has 0 saturated heterocycles. The maximum absolute atomic E-state index is 6.33. The lowest BCUT2D eigenvalue weighted by Crippen LogP contribution is -2.29. The first-order valence-corrected chi connectivity index (χ1v) is 6.68. The van der Waals surface area contributed by atoms with Crippen molar-refractivity contribution in [3.05, 3.63) is 28.3 Å². The summed E-state index contributed by atoms with van der Waals surface area (Å²) in [6, 6.07) is 2.86. The summed E-state index contributed by atoms with van der Waals surface area (Å²) < 4.78 is 5.39.